The summed E-state index contributed by atoms with van der Waals surface area (Å²) in [5.74, 6) is -0.789. The fraction of sp³-hybridized carbons (Fsp3) is 0.0588. The summed E-state index contributed by atoms with van der Waals surface area (Å²) in [7, 11) is 0. The van der Waals surface area contributed by atoms with Gasteiger partial charge in [0.15, 0.2) is 0 Å². The number of carbonyl (C=O) groups is 1. The number of hydrogen-bond acceptors (Lipinski definition) is 4. The lowest BCUT2D eigenvalue weighted by Crippen LogP contribution is -2.35. The molecule has 22 heavy (non-hydrogen) atoms. The molecule has 0 bridgehead atoms. The van der Waals surface area contributed by atoms with E-state index in [0.29, 0.717) is 5.71 Å². The number of para-hydroxylation sites is 1. The summed E-state index contributed by atoms with van der Waals surface area (Å²) >= 11 is 0. The molecule has 5 heteroatoms. The number of carbonyl (C=O) groups excluding carboxylic acids is 1. The van der Waals surface area contributed by atoms with Crippen LogP contribution in [0.5, 0.6) is 0 Å². The molecule has 3 rings (SSSR count). The number of nitrogens with zero attached hydrogens (tertiary/aromatic N) is 2. The molecule has 0 aromatic heterocycles. The molecule has 2 aliphatic heterocycles. The number of rotatable bonds is 3. The van der Waals surface area contributed by atoms with Gasteiger partial charge in [0.2, 0.25) is 0 Å². The van der Waals surface area contributed by atoms with Crippen molar-refractivity contribution < 1.29 is 4.79 Å². The van der Waals surface area contributed by atoms with E-state index in [1.165, 1.54) is 0 Å². The van der Waals surface area contributed by atoms with E-state index in [4.69, 9.17) is 5.73 Å². The van der Waals surface area contributed by atoms with Gasteiger partial charge in [0.25, 0.3) is 5.91 Å². The summed E-state index contributed by atoms with van der Waals surface area (Å²) in [6.45, 7) is 0. The maximum atomic E-state index is 11.8. The van der Waals surface area contributed by atoms with E-state index in [9.17, 15) is 4.79 Å². The van der Waals surface area contributed by atoms with Crippen molar-refractivity contribution in [3.8, 4) is 0 Å². The molecule has 0 aliphatic carbocycles. The Kier molecular flexibility index (Phi) is 3.87. The van der Waals surface area contributed by atoms with Gasteiger partial charge in [0, 0.05) is 18.6 Å². The Morgan fingerprint density at radius 1 is 1.23 bits per heavy atom. The zero-order chi connectivity index (χ0) is 15.4. The van der Waals surface area contributed by atoms with Crippen molar-refractivity contribution in [2.75, 3.05) is 5.01 Å². The molecule has 0 radical (unpaired) electrons. The Morgan fingerprint density at radius 3 is 2.82 bits per heavy atom. The molecule has 0 saturated heterocycles. The van der Waals surface area contributed by atoms with Crippen LogP contribution >= 0.6 is 0 Å². The van der Waals surface area contributed by atoms with Crippen LogP contribution < -0.4 is 16.1 Å². The molecule has 1 aromatic rings. The zero-order valence-electron chi connectivity index (χ0n) is 11.9. The van der Waals surface area contributed by atoms with Crippen molar-refractivity contribution in [2.24, 2.45) is 16.8 Å². The van der Waals surface area contributed by atoms with E-state index in [1.807, 2.05) is 73.2 Å². The standard InChI is InChI=1S/C17H16N4O/c18-17(22)16-15(13-6-4-5-10-19-12-13)9-11-21(20-16)14-7-2-1-3-8-14/h1-12,15,19H,(H2,18,22). The van der Waals surface area contributed by atoms with Gasteiger partial charge in [-0.2, -0.15) is 5.10 Å². The summed E-state index contributed by atoms with van der Waals surface area (Å²) in [5.41, 5.74) is 7.64. The average Bonchev–Trinajstić information content (AvgIpc) is 2.84. The Bertz CT molecular complexity index is 713. The van der Waals surface area contributed by atoms with Gasteiger partial charge in [-0.15, -0.1) is 0 Å². The van der Waals surface area contributed by atoms with Crippen LogP contribution in [-0.4, -0.2) is 11.6 Å². The molecule has 1 unspecified atom stereocenters. The molecule has 1 atom stereocenters. The first-order chi connectivity index (χ1) is 10.8. The van der Waals surface area contributed by atoms with Crippen molar-refractivity contribution >= 4 is 17.3 Å². The number of hydrogen-bond donors (Lipinski definition) is 2. The SMILES string of the molecule is NC(=O)C1=NN(c2ccccc2)C=CC1C1=CNC=CC=C1. The van der Waals surface area contributed by atoms with Gasteiger partial charge in [-0.05, 0) is 23.8 Å². The van der Waals surface area contributed by atoms with Gasteiger partial charge in [0.1, 0.15) is 5.71 Å². The Hall–Kier alpha value is -3.08. The second-order valence-electron chi connectivity index (χ2n) is 4.88. The number of amides is 1. The van der Waals surface area contributed by atoms with Gasteiger partial charge >= 0.3 is 0 Å². The summed E-state index contributed by atoms with van der Waals surface area (Å²) in [6.07, 6.45) is 13.1. The van der Waals surface area contributed by atoms with E-state index < -0.39 is 5.91 Å². The highest BCUT2D eigenvalue weighted by Crippen LogP contribution is 2.25. The molecular formula is C17H16N4O. The summed E-state index contributed by atoms with van der Waals surface area (Å²) < 4.78 is 0. The fourth-order valence-corrected chi connectivity index (χ4v) is 2.33. The Balaban J connectivity index is 1.93. The minimum absolute atomic E-state index is 0.263. The molecule has 5 nitrogen and oxygen atoms in total. The predicted molar refractivity (Wildman–Crippen MR) is 87.7 cm³/mol. The van der Waals surface area contributed by atoms with Gasteiger partial charge in [-0.1, -0.05) is 36.4 Å². The van der Waals surface area contributed by atoms with E-state index in [0.717, 1.165) is 11.3 Å². The molecule has 110 valence electrons. The molecular weight excluding hydrogens is 276 g/mol. The average molecular weight is 292 g/mol. The van der Waals surface area contributed by atoms with Crippen molar-refractivity contribution in [3.05, 3.63) is 78.8 Å². The second-order valence-corrected chi connectivity index (χ2v) is 4.88. The highest BCUT2D eigenvalue weighted by molar-refractivity contribution is 6.40. The Morgan fingerprint density at radius 2 is 2.05 bits per heavy atom. The van der Waals surface area contributed by atoms with Crippen LogP contribution in [0.2, 0.25) is 0 Å². The highest BCUT2D eigenvalue weighted by atomic mass is 16.1. The lowest BCUT2D eigenvalue weighted by atomic mass is 9.92. The third-order valence-corrected chi connectivity index (χ3v) is 3.40. The van der Waals surface area contributed by atoms with Gasteiger partial charge in [-0.25, -0.2) is 5.01 Å². The monoisotopic (exact) mass is 292 g/mol. The van der Waals surface area contributed by atoms with Crippen molar-refractivity contribution in [3.63, 3.8) is 0 Å². The minimum atomic E-state index is -0.526. The van der Waals surface area contributed by atoms with Crippen LogP contribution in [0.25, 0.3) is 0 Å². The molecule has 2 aliphatic rings. The highest BCUT2D eigenvalue weighted by Gasteiger charge is 2.26. The lowest BCUT2D eigenvalue weighted by Gasteiger charge is -2.24. The predicted octanol–water partition coefficient (Wildman–Crippen LogP) is 2.03. The number of allylic oxidation sites excluding steroid dienone is 5. The van der Waals surface area contributed by atoms with Crippen LogP contribution in [0.1, 0.15) is 0 Å². The molecule has 0 fully saturated rings. The van der Waals surface area contributed by atoms with Gasteiger partial charge in [-0.3, -0.25) is 4.79 Å². The number of benzene rings is 1. The largest absolute Gasteiger partial charge is 0.367 e. The number of hydrazone groups is 1. The summed E-state index contributed by atoms with van der Waals surface area (Å²) in [5, 5.41) is 9.10. The first-order valence-electron chi connectivity index (χ1n) is 6.96. The van der Waals surface area contributed by atoms with Crippen LogP contribution in [0, 0.1) is 5.92 Å². The van der Waals surface area contributed by atoms with Crippen molar-refractivity contribution in [1.82, 2.24) is 5.32 Å². The van der Waals surface area contributed by atoms with Crippen LogP contribution in [0.4, 0.5) is 5.69 Å². The molecule has 0 saturated carbocycles. The third kappa shape index (κ3) is 2.83. The van der Waals surface area contributed by atoms with Crippen LogP contribution in [0.3, 0.4) is 0 Å². The number of nitrogens with two attached hydrogens (primary N) is 1. The second kappa shape index (κ2) is 6.13. The summed E-state index contributed by atoms with van der Waals surface area (Å²) in [6, 6.07) is 9.60. The molecule has 1 amide bonds. The van der Waals surface area contributed by atoms with Crippen molar-refractivity contribution in [2.45, 2.75) is 0 Å². The number of anilines is 1. The lowest BCUT2D eigenvalue weighted by molar-refractivity contribution is -0.112. The van der Waals surface area contributed by atoms with Crippen molar-refractivity contribution in [1.29, 1.82) is 0 Å². The summed E-state index contributed by atoms with van der Waals surface area (Å²) in [4.78, 5) is 11.8. The zero-order valence-corrected chi connectivity index (χ0v) is 11.9. The van der Waals surface area contributed by atoms with E-state index in [2.05, 4.69) is 10.4 Å². The van der Waals surface area contributed by atoms with E-state index in [1.54, 1.807) is 5.01 Å². The molecule has 2 heterocycles. The smallest absolute Gasteiger partial charge is 0.265 e. The molecule has 1 aromatic carbocycles. The molecule has 0 spiro atoms. The van der Waals surface area contributed by atoms with E-state index >= 15 is 0 Å². The van der Waals surface area contributed by atoms with E-state index in [-0.39, 0.29) is 5.92 Å². The quantitative estimate of drug-likeness (QED) is 0.895. The third-order valence-electron chi connectivity index (χ3n) is 3.40. The maximum Gasteiger partial charge on any atom is 0.265 e. The number of primary amides is 1. The van der Waals surface area contributed by atoms with Gasteiger partial charge < -0.3 is 11.1 Å². The number of nitrogens with one attached hydrogen (secondary N) is 1. The van der Waals surface area contributed by atoms with Gasteiger partial charge in [0.05, 0.1) is 11.6 Å². The van der Waals surface area contributed by atoms with Crippen LogP contribution in [-0.2, 0) is 4.79 Å². The first kappa shape index (κ1) is 13.9. The normalized spacial score (nSPS) is 20.0. The fourth-order valence-electron chi connectivity index (χ4n) is 2.33. The first-order valence-corrected chi connectivity index (χ1v) is 6.96. The maximum absolute atomic E-state index is 11.8. The minimum Gasteiger partial charge on any atom is -0.367 e. The molecule has 3 N–H and O–H groups in total. The Labute approximate surface area is 128 Å². The van der Waals surface area contributed by atoms with Crippen LogP contribution in [0.15, 0.2) is 83.9 Å². The topological polar surface area (TPSA) is 70.7 Å².